The Labute approximate surface area is 157 Å². The molecule has 1 amide bonds. The Morgan fingerprint density at radius 1 is 1.36 bits per heavy atom. The van der Waals surface area contributed by atoms with Gasteiger partial charge in [-0.15, -0.1) is 0 Å². The summed E-state index contributed by atoms with van der Waals surface area (Å²) in [6, 6.07) is 7.53. The Kier molecular flexibility index (Phi) is 5.67. The highest BCUT2D eigenvalue weighted by Crippen LogP contribution is 2.25. The summed E-state index contributed by atoms with van der Waals surface area (Å²) >= 11 is 12.7. The molecule has 0 radical (unpaired) electrons. The lowest BCUT2D eigenvalue weighted by Crippen LogP contribution is -2.45. The van der Waals surface area contributed by atoms with Crippen LogP contribution in [0.5, 0.6) is 0 Å². The van der Waals surface area contributed by atoms with Crippen LogP contribution in [0.25, 0.3) is 0 Å². The van der Waals surface area contributed by atoms with Crippen LogP contribution in [0.15, 0.2) is 24.3 Å². The monoisotopic (exact) mass is 381 g/mol. The highest BCUT2D eigenvalue weighted by atomic mass is 35.5. The smallest absolute Gasteiger partial charge is 0.259 e. The van der Waals surface area contributed by atoms with Crippen molar-refractivity contribution in [2.45, 2.75) is 32.9 Å². The summed E-state index contributed by atoms with van der Waals surface area (Å²) in [5.41, 5.74) is 2.00. The molecule has 1 aromatic heterocycles. The third-order valence-electron chi connectivity index (χ3n) is 4.44. The minimum absolute atomic E-state index is 0.0787. The number of morpholine rings is 1. The van der Waals surface area contributed by atoms with Crippen molar-refractivity contribution in [2.24, 2.45) is 0 Å². The molecule has 2 aromatic rings. The van der Waals surface area contributed by atoms with Gasteiger partial charge in [-0.2, -0.15) is 5.10 Å². The molecule has 0 spiro atoms. The molecule has 1 aliphatic heterocycles. The molecule has 3 rings (SSSR count). The van der Waals surface area contributed by atoms with Crippen LogP contribution >= 0.6 is 23.2 Å². The van der Waals surface area contributed by atoms with Crippen LogP contribution in [0, 0.1) is 6.92 Å². The zero-order valence-corrected chi connectivity index (χ0v) is 15.8. The van der Waals surface area contributed by atoms with Gasteiger partial charge in [0.05, 0.1) is 30.5 Å². The molecule has 1 saturated heterocycles. The number of carbonyl (C=O) groups is 1. The largest absolute Gasteiger partial charge is 0.375 e. The first-order chi connectivity index (χ1) is 12.0. The van der Waals surface area contributed by atoms with E-state index >= 15 is 0 Å². The molecule has 1 fully saturated rings. The predicted molar refractivity (Wildman–Crippen MR) is 98.5 cm³/mol. The summed E-state index contributed by atoms with van der Waals surface area (Å²) in [4.78, 5) is 14.7. The maximum absolute atomic E-state index is 12.9. The van der Waals surface area contributed by atoms with Crippen LogP contribution in [0.1, 0.15) is 35.0 Å². The van der Waals surface area contributed by atoms with Crippen LogP contribution in [0.2, 0.25) is 10.2 Å². The quantitative estimate of drug-likeness (QED) is 0.808. The first-order valence-corrected chi connectivity index (χ1v) is 9.14. The van der Waals surface area contributed by atoms with E-state index in [2.05, 4.69) is 12.0 Å². The average Bonchev–Trinajstić information content (AvgIpc) is 2.90. The standard InChI is InChI=1S/C18H21Cl2N3O2/c1-3-14-11-22(8-9-25-14)18(24)16-12(2)21-23(17(16)20)10-13-6-4-5-7-15(13)19/h4-7,14H,3,8-11H2,1-2H3. The molecular weight excluding hydrogens is 361 g/mol. The number of hydrogen-bond acceptors (Lipinski definition) is 3. The lowest BCUT2D eigenvalue weighted by atomic mass is 10.1. The van der Waals surface area contributed by atoms with E-state index < -0.39 is 0 Å². The van der Waals surface area contributed by atoms with Crippen LogP contribution in [-0.2, 0) is 11.3 Å². The molecule has 0 aliphatic carbocycles. The molecule has 0 bridgehead atoms. The normalized spacial score (nSPS) is 17.8. The van der Waals surface area contributed by atoms with E-state index in [1.54, 1.807) is 16.5 Å². The molecule has 0 saturated carbocycles. The number of aromatic nitrogens is 2. The number of amides is 1. The van der Waals surface area contributed by atoms with Crippen molar-refractivity contribution in [1.29, 1.82) is 0 Å². The first kappa shape index (κ1) is 18.2. The Balaban J connectivity index is 1.84. The van der Waals surface area contributed by atoms with Crippen molar-refractivity contribution in [3.05, 3.63) is 51.3 Å². The number of aryl methyl sites for hydroxylation is 1. The summed E-state index contributed by atoms with van der Waals surface area (Å²) < 4.78 is 7.27. The number of benzene rings is 1. The molecule has 1 aromatic carbocycles. The van der Waals surface area contributed by atoms with Gasteiger partial charge in [-0.1, -0.05) is 48.3 Å². The van der Waals surface area contributed by atoms with Crippen molar-refractivity contribution in [1.82, 2.24) is 14.7 Å². The van der Waals surface area contributed by atoms with Crippen LogP contribution < -0.4 is 0 Å². The third-order valence-corrected chi connectivity index (χ3v) is 5.19. The Hall–Kier alpha value is -1.56. The fraction of sp³-hybridized carbons (Fsp3) is 0.444. The molecule has 2 heterocycles. The van der Waals surface area contributed by atoms with Crippen molar-refractivity contribution in [2.75, 3.05) is 19.7 Å². The summed E-state index contributed by atoms with van der Waals surface area (Å²) in [5.74, 6) is -0.0883. The van der Waals surface area contributed by atoms with Crippen LogP contribution in [-0.4, -0.2) is 46.4 Å². The molecule has 25 heavy (non-hydrogen) atoms. The zero-order valence-electron chi connectivity index (χ0n) is 14.3. The van der Waals surface area contributed by atoms with E-state index in [0.717, 1.165) is 12.0 Å². The summed E-state index contributed by atoms with van der Waals surface area (Å²) in [7, 11) is 0. The molecule has 1 aliphatic rings. The fourth-order valence-electron chi connectivity index (χ4n) is 3.00. The SMILES string of the molecule is CCC1CN(C(=O)c2c(C)nn(Cc3ccccc3Cl)c2Cl)CCO1. The molecule has 1 unspecified atom stereocenters. The van der Waals surface area contributed by atoms with Crippen molar-refractivity contribution in [3.8, 4) is 0 Å². The minimum Gasteiger partial charge on any atom is -0.375 e. The maximum Gasteiger partial charge on any atom is 0.259 e. The van der Waals surface area contributed by atoms with E-state index in [1.807, 2.05) is 24.3 Å². The topological polar surface area (TPSA) is 47.4 Å². The lowest BCUT2D eigenvalue weighted by Gasteiger charge is -2.32. The van der Waals surface area contributed by atoms with Crippen molar-refractivity contribution >= 4 is 29.1 Å². The van der Waals surface area contributed by atoms with Gasteiger partial charge in [0.25, 0.3) is 5.91 Å². The maximum atomic E-state index is 12.9. The van der Waals surface area contributed by atoms with Crippen LogP contribution in [0.4, 0.5) is 0 Å². The second-order valence-electron chi connectivity index (χ2n) is 6.15. The third kappa shape index (κ3) is 3.84. The Morgan fingerprint density at radius 2 is 2.12 bits per heavy atom. The van der Waals surface area contributed by atoms with Gasteiger partial charge in [-0.3, -0.25) is 4.79 Å². The van der Waals surface area contributed by atoms with Gasteiger partial charge in [-0.05, 0) is 25.0 Å². The van der Waals surface area contributed by atoms with Crippen molar-refractivity contribution in [3.63, 3.8) is 0 Å². The highest BCUT2D eigenvalue weighted by molar-refractivity contribution is 6.33. The second kappa shape index (κ2) is 7.77. The molecule has 1 atom stereocenters. The Morgan fingerprint density at radius 3 is 2.84 bits per heavy atom. The number of rotatable bonds is 4. The minimum atomic E-state index is -0.0883. The van der Waals surface area contributed by atoms with E-state index in [9.17, 15) is 4.79 Å². The van der Waals surface area contributed by atoms with E-state index in [1.165, 1.54) is 0 Å². The van der Waals surface area contributed by atoms with Gasteiger partial charge in [0.1, 0.15) is 5.15 Å². The van der Waals surface area contributed by atoms with Gasteiger partial charge in [0, 0.05) is 18.1 Å². The Bertz CT molecular complexity index is 776. The second-order valence-corrected chi connectivity index (χ2v) is 6.92. The highest BCUT2D eigenvalue weighted by Gasteiger charge is 2.29. The first-order valence-electron chi connectivity index (χ1n) is 8.38. The number of halogens is 2. The molecule has 134 valence electrons. The van der Waals surface area contributed by atoms with Crippen LogP contribution in [0.3, 0.4) is 0 Å². The van der Waals surface area contributed by atoms with Gasteiger partial charge < -0.3 is 9.64 Å². The number of carbonyl (C=O) groups excluding carboxylic acids is 1. The summed E-state index contributed by atoms with van der Waals surface area (Å²) in [6.07, 6.45) is 0.956. The molecule has 5 nitrogen and oxygen atoms in total. The summed E-state index contributed by atoms with van der Waals surface area (Å²) in [6.45, 7) is 5.99. The number of hydrogen-bond donors (Lipinski definition) is 0. The van der Waals surface area contributed by atoms with Gasteiger partial charge in [0.2, 0.25) is 0 Å². The van der Waals surface area contributed by atoms with Crippen molar-refractivity contribution < 1.29 is 9.53 Å². The average molecular weight is 382 g/mol. The predicted octanol–water partition coefficient (Wildman–Crippen LogP) is 3.80. The van der Waals surface area contributed by atoms with E-state index in [-0.39, 0.29) is 12.0 Å². The number of ether oxygens (including phenoxy) is 1. The van der Waals surface area contributed by atoms with E-state index in [0.29, 0.717) is 47.7 Å². The van der Waals surface area contributed by atoms with Gasteiger partial charge >= 0.3 is 0 Å². The molecule has 7 heteroatoms. The number of nitrogens with zero attached hydrogens (tertiary/aromatic N) is 3. The molecular formula is C18H21Cl2N3O2. The van der Waals surface area contributed by atoms with Gasteiger partial charge in [-0.25, -0.2) is 4.68 Å². The fourth-order valence-corrected chi connectivity index (χ4v) is 3.51. The molecule has 0 N–H and O–H groups in total. The summed E-state index contributed by atoms with van der Waals surface area (Å²) in [5, 5.41) is 5.45. The zero-order chi connectivity index (χ0) is 18.0. The lowest BCUT2D eigenvalue weighted by molar-refractivity contribution is -0.0226. The van der Waals surface area contributed by atoms with Gasteiger partial charge in [0.15, 0.2) is 0 Å². The van der Waals surface area contributed by atoms with E-state index in [4.69, 9.17) is 27.9 Å².